The Hall–Kier alpha value is -3.31. The van der Waals surface area contributed by atoms with Gasteiger partial charge in [-0.05, 0) is 67.4 Å². The third-order valence-corrected chi connectivity index (χ3v) is 4.87. The zero-order valence-electron chi connectivity index (χ0n) is 17.0. The summed E-state index contributed by atoms with van der Waals surface area (Å²) < 4.78 is 0. The van der Waals surface area contributed by atoms with E-state index in [9.17, 15) is 9.59 Å². The van der Waals surface area contributed by atoms with Gasteiger partial charge in [0.1, 0.15) is 0 Å². The Bertz CT molecular complexity index is 1030. The molecule has 0 aliphatic carbocycles. The molecule has 3 rings (SSSR count). The Morgan fingerprint density at radius 2 is 1.60 bits per heavy atom. The Kier molecular flexibility index (Phi) is 7.09. The molecule has 3 aromatic rings. The van der Waals surface area contributed by atoms with Gasteiger partial charge < -0.3 is 16.0 Å². The van der Waals surface area contributed by atoms with Crippen molar-refractivity contribution in [2.24, 2.45) is 0 Å². The number of amides is 2. The summed E-state index contributed by atoms with van der Waals surface area (Å²) >= 11 is 5.86. The standard InChI is InChI=1S/C24H24ClN3O2/c1-16-3-12-22(17(2)13-16)26-15-23(29)28-21-10-6-19(7-11-21)24(30)27-14-18-4-8-20(25)9-5-18/h3-13,26H,14-15H2,1-2H3,(H,27,30)(H,28,29). The van der Waals surface area contributed by atoms with E-state index in [1.807, 2.05) is 38.1 Å². The average molecular weight is 422 g/mol. The van der Waals surface area contributed by atoms with Crippen LogP contribution in [0.4, 0.5) is 11.4 Å². The van der Waals surface area contributed by atoms with Crippen LogP contribution >= 0.6 is 11.6 Å². The van der Waals surface area contributed by atoms with Crippen LogP contribution in [-0.4, -0.2) is 18.4 Å². The summed E-state index contributed by atoms with van der Waals surface area (Å²) in [4.78, 5) is 24.5. The Morgan fingerprint density at radius 3 is 2.27 bits per heavy atom. The summed E-state index contributed by atoms with van der Waals surface area (Å²) in [6, 6.07) is 20.1. The van der Waals surface area contributed by atoms with Crippen molar-refractivity contribution in [2.45, 2.75) is 20.4 Å². The largest absolute Gasteiger partial charge is 0.376 e. The van der Waals surface area contributed by atoms with Gasteiger partial charge in [-0.1, -0.05) is 41.4 Å². The molecule has 0 atom stereocenters. The second-order valence-electron chi connectivity index (χ2n) is 7.11. The van der Waals surface area contributed by atoms with Crippen molar-refractivity contribution in [3.63, 3.8) is 0 Å². The van der Waals surface area contributed by atoms with Crippen LogP contribution in [0.1, 0.15) is 27.0 Å². The smallest absolute Gasteiger partial charge is 0.251 e. The normalized spacial score (nSPS) is 10.4. The second kappa shape index (κ2) is 9.94. The fourth-order valence-electron chi connectivity index (χ4n) is 2.98. The number of halogens is 1. The van der Waals surface area contributed by atoms with Gasteiger partial charge >= 0.3 is 0 Å². The van der Waals surface area contributed by atoms with Gasteiger partial charge in [0.15, 0.2) is 0 Å². The molecule has 3 N–H and O–H groups in total. The molecular weight excluding hydrogens is 398 g/mol. The SMILES string of the molecule is Cc1ccc(NCC(=O)Nc2ccc(C(=O)NCc3ccc(Cl)cc3)cc2)c(C)c1. The molecule has 2 amide bonds. The predicted molar refractivity (Wildman–Crippen MR) is 122 cm³/mol. The number of anilines is 2. The molecular formula is C24H24ClN3O2. The highest BCUT2D eigenvalue weighted by Gasteiger charge is 2.07. The molecule has 0 radical (unpaired) electrons. The van der Waals surface area contributed by atoms with Gasteiger partial charge in [0.25, 0.3) is 5.91 Å². The van der Waals surface area contributed by atoms with Crippen LogP contribution in [0.15, 0.2) is 66.7 Å². The molecule has 0 saturated heterocycles. The van der Waals surface area contributed by atoms with Crippen molar-refractivity contribution in [2.75, 3.05) is 17.2 Å². The van der Waals surface area contributed by atoms with E-state index in [-0.39, 0.29) is 18.4 Å². The topological polar surface area (TPSA) is 70.2 Å². The fourth-order valence-corrected chi connectivity index (χ4v) is 3.11. The second-order valence-corrected chi connectivity index (χ2v) is 7.54. The molecule has 0 heterocycles. The fraction of sp³-hybridized carbons (Fsp3) is 0.167. The van der Waals surface area contributed by atoms with E-state index in [0.29, 0.717) is 22.8 Å². The number of hydrogen-bond donors (Lipinski definition) is 3. The molecule has 0 bridgehead atoms. The van der Waals surface area contributed by atoms with Crippen LogP contribution in [0, 0.1) is 13.8 Å². The highest BCUT2D eigenvalue weighted by atomic mass is 35.5. The van der Waals surface area contributed by atoms with E-state index in [4.69, 9.17) is 11.6 Å². The summed E-state index contributed by atoms with van der Waals surface area (Å²) in [5.74, 6) is -0.339. The zero-order chi connectivity index (χ0) is 21.5. The van der Waals surface area contributed by atoms with E-state index in [1.165, 1.54) is 5.56 Å². The summed E-state index contributed by atoms with van der Waals surface area (Å²) in [6.45, 7) is 4.61. The lowest BCUT2D eigenvalue weighted by atomic mass is 10.1. The zero-order valence-corrected chi connectivity index (χ0v) is 17.7. The van der Waals surface area contributed by atoms with Crippen molar-refractivity contribution in [1.29, 1.82) is 0 Å². The first-order valence-electron chi connectivity index (χ1n) is 9.64. The first-order valence-corrected chi connectivity index (χ1v) is 10.0. The number of nitrogens with one attached hydrogen (secondary N) is 3. The van der Waals surface area contributed by atoms with Gasteiger partial charge in [-0.2, -0.15) is 0 Å². The summed E-state index contributed by atoms with van der Waals surface area (Å²) in [5.41, 5.74) is 5.33. The van der Waals surface area contributed by atoms with Crippen LogP contribution in [0.25, 0.3) is 0 Å². The molecule has 3 aromatic carbocycles. The molecule has 0 aliphatic heterocycles. The van der Waals surface area contributed by atoms with Gasteiger partial charge in [-0.3, -0.25) is 9.59 Å². The van der Waals surface area contributed by atoms with Gasteiger partial charge in [0.2, 0.25) is 5.91 Å². The van der Waals surface area contributed by atoms with Gasteiger partial charge in [-0.25, -0.2) is 0 Å². The van der Waals surface area contributed by atoms with Crippen molar-refractivity contribution >= 4 is 34.8 Å². The van der Waals surface area contributed by atoms with E-state index in [0.717, 1.165) is 16.8 Å². The van der Waals surface area contributed by atoms with Crippen molar-refractivity contribution < 1.29 is 9.59 Å². The molecule has 5 nitrogen and oxygen atoms in total. The summed E-state index contributed by atoms with van der Waals surface area (Å²) in [6.07, 6.45) is 0. The summed E-state index contributed by atoms with van der Waals surface area (Å²) in [5, 5.41) is 9.49. The highest BCUT2D eigenvalue weighted by molar-refractivity contribution is 6.30. The average Bonchev–Trinajstić information content (AvgIpc) is 2.73. The van der Waals surface area contributed by atoms with Crippen LogP contribution in [0.3, 0.4) is 0 Å². The summed E-state index contributed by atoms with van der Waals surface area (Å²) in [7, 11) is 0. The van der Waals surface area contributed by atoms with Crippen LogP contribution in [0.5, 0.6) is 0 Å². The third-order valence-electron chi connectivity index (χ3n) is 4.62. The predicted octanol–water partition coefficient (Wildman–Crippen LogP) is 4.94. The Labute approximate surface area is 181 Å². The number of rotatable bonds is 7. The highest BCUT2D eigenvalue weighted by Crippen LogP contribution is 2.16. The van der Waals surface area contributed by atoms with Gasteiger partial charge in [0, 0.05) is 28.5 Å². The Morgan fingerprint density at radius 1 is 0.900 bits per heavy atom. The van der Waals surface area contributed by atoms with E-state index < -0.39 is 0 Å². The first kappa shape index (κ1) is 21.4. The lowest BCUT2D eigenvalue weighted by molar-refractivity contribution is -0.114. The molecule has 6 heteroatoms. The quantitative estimate of drug-likeness (QED) is 0.506. The maximum absolute atomic E-state index is 12.3. The Balaban J connectivity index is 1.48. The first-order chi connectivity index (χ1) is 14.4. The molecule has 30 heavy (non-hydrogen) atoms. The van der Waals surface area contributed by atoms with Gasteiger partial charge in [-0.15, -0.1) is 0 Å². The van der Waals surface area contributed by atoms with E-state index >= 15 is 0 Å². The van der Waals surface area contributed by atoms with E-state index in [2.05, 4.69) is 22.0 Å². The van der Waals surface area contributed by atoms with Crippen LogP contribution in [-0.2, 0) is 11.3 Å². The molecule has 0 unspecified atom stereocenters. The van der Waals surface area contributed by atoms with E-state index in [1.54, 1.807) is 36.4 Å². The number of carbonyl (C=O) groups excluding carboxylic acids is 2. The minimum absolute atomic E-state index is 0.157. The number of carbonyl (C=O) groups is 2. The van der Waals surface area contributed by atoms with Crippen molar-refractivity contribution in [3.8, 4) is 0 Å². The number of benzene rings is 3. The molecule has 0 aliphatic rings. The van der Waals surface area contributed by atoms with Gasteiger partial charge in [0.05, 0.1) is 6.54 Å². The maximum atomic E-state index is 12.3. The molecule has 154 valence electrons. The number of aryl methyl sites for hydroxylation is 2. The molecule has 0 fully saturated rings. The van der Waals surface area contributed by atoms with Crippen molar-refractivity contribution in [3.05, 3.63) is 94.0 Å². The van der Waals surface area contributed by atoms with Crippen molar-refractivity contribution in [1.82, 2.24) is 5.32 Å². The van der Waals surface area contributed by atoms with Crippen LogP contribution in [0.2, 0.25) is 5.02 Å². The minimum Gasteiger partial charge on any atom is -0.376 e. The van der Waals surface area contributed by atoms with Crippen LogP contribution < -0.4 is 16.0 Å². The maximum Gasteiger partial charge on any atom is 0.251 e. The molecule has 0 spiro atoms. The molecule has 0 saturated carbocycles. The molecule has 0 aromatic heterocycles. The number of hydrogen-bond acceptors (Lipinski definition) is 3. The lowest BCUT2D eigenvalue weighted by Gasteiger charge is -2.11. The minimum atomic E-state index is -0.181. The lowest BCUT2D eigenvalue weighted by Crippen LogP contribution is -2.23. The third kappa shape index (κ3) is 6.09. The monoisotopic (exact) mass is 421 g/mol.